The predicted octanol–water partition coefficient (Wildman–Crippen LogP) is 4.85. The first-order chi connectivity index (χ1) is 13.4. The molecular formula is C20H11Cl2FN2O3. The van der Waals surface area contributed by atoms with Crippen LogP contribution in [0.4, 0.5) is 10.1 Å². The van der Waals surface area contributed by atoms with Crippen LogP contribution in [0.5, 0.6) is 0 Å². The van der Waals surface area contributed by atoms with Gasteiger partial charge in [-0.05, 0) is 60.7 Å². The summed E-state index contributed by atoms with van der Waals surface area (Å²) in [6.07, 6.45) is 1.35. The normalized spacial score (nSPS) is 15.4. The van der Waals surface area contributed by atoms with Crippen molar-refractivity contribution >= 4 is 46.8 Å². The Morgan fingerprint density at radius 3 is 2.46 bits per heavy atom. The molecule has 8 heteroatoms. The first-order valence-corrected chi connectivity index (χ1v) is 8.86. The molecule has 2 aromatic carbocycles. The van der Waals surface area contributed by atoms with Gasteiger partial charge < -0.3 is 4.42 Å². The third-order valence-corrected chi connectivity index (χ3v) is 4.64. The number of nitrogens with one attached hydrogen (secondary N) is 1. The summed E-state index contributed by atoms with van der Waals surface area (Å²) in [6, 6.07) is 14.1. The van der Waals surface area contributed by atoms with E-state index >= 15 is 0 Å². The van der Waals surface area contributed by atoms with Crippen molar-refractivity contribution in [3.8, 4) is 11.3 Å². The number of hydrogen-bond acceptors (Lipinski definition) is 3. The highest BCUT2D eigenvalue weighted by Crippen LogP contribution is 2.28. The number of amides is 2. The molecule has 0 radical (unpaired) electrons. The number of benzene rings is 2. The van der Waals surface area contributed by atoms with E-state index in [0.29, 0.717) is 16.5 Å². The maximum atomic E-state index is 13.3. The molecule has 0 aliphatic carbocycles. The van der Waals surface area contributed by atoms with Gasteiger partial charge in [0.2, 0.25) is 0 Å². The number of anilines is 1. The summed E-state index contributed by atoms with van der Waals surface area (Å²) in [5.74, 6) is -0.921. The van der Waals surface area contributed by atoms with E-state index in [9.17, 15) is 14.0 Å². The van der Waals surface area contributed by atoms with Crippen LogP contribution in [0, 0.1) is 5.82 Å². The van der Waals surface area contributed by atoms with Crippen molar-refractivity contribution in [2.45, 2.75) is 0 Å². The quantitative estimate of drug-likeness (QED) is 0.490. The second-order valence-electron chi connectivity index (χ2n) is 5.95. The van der Waals surface area contributed by atoms with Crippen LogP contribution >= 0.6 is 23.2 Å². The van der Waals surface area contributed by atoms with Crippen molar-refractivity contribution in [2.75, 3.05) is 5.01 Å². The number of rotatable bonds is 3. The molecular weight excluding hydrogens is 406 g/mol. The number of hydrazine groups is 1. The van der Waals surface area contributed by atoms with E-state index in [1.165, 1.54) is 18.2 Å². The van der Waals surface area contributed by atoms with Crippen LogP contribution in [0.25, 0.3) is 17.4 Å². The van der Waals surface area contributed by atoms with Gasteiger partial charge in [0.25, 0.3) is 11.8 Å². The van der Waals surface area contributed by atoms with Gasteiger partial charge in [0, 0.05) is 10.6 Å². The zero-order chi connectivity index (χ0) is 19.8. The van der Waals surface area contributed by atoms with Gasteiger partial charge in [-0.3, -0.25) is 15.0 Å². The Morgan fingerprint density at radius 2 is 1.75 bits per heavy atom. The van der Waals surface area contributed by atoms with E-state index in [0.717, 1.165) is 16.6 Å². The Morgan fingerprint density at radius 1 is 1.00 bits per heavy atom. The average Bonchev–Trinajstić information content (AvgIpc) is 3.25. The molecule has 5 nitrogen and oxygen atoms in total. The zero-order valence-electron chi connectivity index (χ0n) is 14.1. The maximum absolute atomic E-state index is 13.3. The van der Waals surface area contributed by atoms with Gasteiger partial charge in [-0.25, -0.2) is 9.40 Å². The van der Waals surface area contributed by atoms with E-state index in [1.54, 1.807) is 36.4 Å². The minimum atomic E-state index is -0.621. The largest absolute Gasteiger partial charge is 0.457 e. The van der Waals surface area contributed by atoms with Crippen molar-refractivity contribution < 1.29 is 18.4 Å². The summed E-state index contributed by atoms with van der Waals surface area (Å²) in [4.78, 5) is 24.8. The molecule has 1 N–H and O–H groups in total. The molecule has 0 bridgehead atoms. The fourth-order valence-electron chi connectivity index (χ4n) is 2.71. The van der Waals surface area contributed by atoms with Crippen molar-refractivity contribution in [2.24, 2.45) is 0 Å². The number of hydrogen-bond donors (Lipinski definition) is 1. The minimum Gasteiger partial charge on any atom is -0.457 e. The van der Waals surface area contributed by atoms with Gasteiger partial charge in [0.15, 0.2) is 0 Å². The summed E-state index contributed by atoms with van der Waals surface area (Å²) < 4.78 is 19.0. The summed E-state index contributed by atoms with van der Waals surface area (Å²) >= 11 is 11.6. The van der Waals surface area contributed by atoms with E-state index in [1.807, 2.05) is 0 Å². The Kier molecular flexibility index (Phi) is 4.66. The van der Waals surface area contributed by atoms with Gasteiger partial charge in [0.05, 0.1) is 10.7 Å². The smallest absolute Gasteiger partial charge is 0.282 e. The molecule has 0 saturated carbocycles. The van der Waals surface area contributed by atoms with Crippen LogP contribution in [-0.4, -0.2) is 11.8 Å². The Balaban J connectivity index is 1.61. The minimum absolute atomic E-state index is 0.113. The van der Waals surface area contributed by atoms with Crippen LogP contribution < -0.4 is 10.4 Å². The molecule has 140 valence electrons. The molecule has 1 aliphatic heterocycles. The summed E-state index contributed by atoms with van der Waals surface area (Å²) in [6.45, 7) is 0. The molecule has 1 aliphatic rings. The Labute approximate surface area is 168 Å². The van der Waals surface area contributed by atoms with E-state index in [-0.39, 0.29) is 16.3 Å². The molecule has 1 fully saturated rings. The topological polar surface area (TPSA) is 62.6 Å². The van der Waals surface area contributed by atoms with Crippen LogP contribution in [0.2, 0.25) is 10.0 Å². The third kappa shape index (κ3) is 3.40. The lowest BCUT2D eigenvalue weighted by Gasteiger charge is -2.14. The van der Waals surface area contributed by atoms with E-state index in [2.05, 4.69) is 5.43 Å². The lowest BCUT2D eigenvalue weighted by Crippen LogP contribution is -2.35. The number of carbonyl (C=O) groups is 2. The van der Waals surface area contributed by atoms with Crippen molar-refractivity contribution in [3.63, 3.8) is 0 Å². The van der Waals surface area contributed by atoms with Crippen LogP contribution in [0.3, 0.4) is 0 Å². The first kappa shape index (κ1) is 18.3. The van der Waals surface area contributed by atoms with Crippen LogP contribution in [0.15, 0.2) is 64.6 Å². The maximum Gasteiger partial charge on any atom is 0.282 e. The summed E-state index contributed by atoms with van der Waals surface area (Å²) in [5, 5.41) is 1.45. The highest BCUT2D eigenvalue weighted by molar-refractivity contribution is 6.33. The van der Waals surface area contributed by atoms with Crippen LogP contribution in [-0.2, 0) is 9.59 Å². The molecule has 1 saturated heterocycles. The molecule has 2 heterocycles. The molecule has 3 aromatic rings. The molecule has 0 spiro atoms. The fraction of sp³-hybridized carbons (Fsp3) is 0. The van der Waals surface area contributed by atoms with Crippen molar-refractivity contribution in [1.82, 2.24) is 5.43 Å². The molecule has 1 aromatic heterocycles. The van der Waals surface area contributed by atoms with Crippen LogP contribution in [0.1, 0.15) is 5.76 Å². The molecule has 2 amide bonds. The van der Waals surface area contributed by atoms with Gasteiger partial charge in [-0.2, -0.15) is 0 Å². The lowest BCUT2D eigenvalue weighted by atomic mass is 10.2. The van der Waals surface area contributed by atoms with E-state index in [4.69, 9.17) is 27.6 Å². The number of halogens is 3. The molecule has 0 atom stereocenters. The second kappa shape index (κ2) is 7.14. The highest BCUT2D eigenvalue weighted by atomic mass is 35.5. The summed E-state index contributed by atoms with van der Waals surface area (Å²) in [5.41, 5.74) is 3.36. The third-order valence-electron chi connectivity index (χ3n) is 4.09. The Bertz CT molecular complexity index is 1120. The molecule has 4 rings (SSSR count). The number of furan rings is 1. The van der Waals surface area contributed by atoms with Gasteiger partial charge in [-0.15, -0.1) is 0 Å². The predicted molar refractivity (Wildman–Crippen MR) is 104 cm³/mol. The lowest BCUT2D eigenvalue weighted by molar-refractivity contribution is -0.117. The van der Waals surface area contributed by atoms with Crippen molar-refractivity contribution in [3.05, 3.63) is 81.8 Å². The summed E-state index contributed by atoms with van der Waals surface area (Å²) in [7, 11) is 0. The van der Waals surface area contributed by atoms with E-state index < -0.39 is 17.6 Å². The second-order valence-corrected chi connectivity index (χ2v) is 6.79. The van der Waals surface area contributed by atoms with Gasteiger partial charge >= 0.3 is 0 Å². The average molecular weight is 417 g/mol. The van der Waals surface area contributed by atoms with Gasteiger partial charge in [-0.1, -0.05) is 23.2 Å². The number of nitrogens with zero attached hydrogens (tertiary/aromatic N) is 1. The SMILES string of the molecule is O=C1NN(c2ccc(F)c(Cl)c2)C(=O)/C1=C/c1ccc(-c2ccc(Cl)cc2)o1. The molecule has 28 heavy (non-hydrogen) atoms. The Hall–Kier alpha value is -3.09. The molecule has 0 unspecified atom stereocenters. The first-order valence-electron chi connectivity index (χ1n) is 8.10. The zero-order valence-corrected chi connectivity index (χ0v) is 15.6. The highest BCUT2D eigenvalue weighted by Gasteiger charge is 2.35. The van der Waals surface area contributed by atoms with Gasteiger partial charge in [0.1, 0.15) is 22.9 Å². The van der Waals surface area contributed by atoms with Crippen molar-refractivity contribution in [1.29, 1.82) is 0 Å². The standard InChI is InChI=1S/C20H11Cl2FN2O3/c21-12-3-1-11(2-4-12)18-8-6-14(28-18)10-15-19(26)24-25(20(15)27)13-5-7-17(23)16(22)9-13/h1-10H,(H,24,26)/b15-10+. The monoisotopic (exact) mass is 416 g/mol. The number of carbonyl (C=O) groups excluding carboxylic acids is 2. The fourth-order valence-corrected chi connectivity index (χ4v) is 3.01.